The Bertz CT molecular complexity index is 869. The van der Waals surface area contributed by atoms with Gasteiger partial charge in [-0.3, -0.25) is 4.79 Å². The van der Waals surface area contributed by atoms with E-state index in [0.717, 1.165) is 34.4 Å². The molecule has 120 valence electrons. The van der Waals surface area contributed by atoms with E-state index >= 15 is 0 Å². The summed E-state index contributed by atoms with van der Waals surface area (Å²) in [6, 6.07) is 15.2. The standard InChI is InChI=1S/C17H14BrN5O/c18-13-5-1-12(2-6-13)17(24)19-14-7-3-11(4-8-14)16-20-21-22-23(16)15-9-10-15/h1-8,15H,9-10H2,(H,19,24). The Morgan fingerprint density at radius 3 is 2.46 bits per heavy atom. The predicted octanol–water partition coefficient (Wildman–Crippen LogP) is 3.69. The molecule has 1 aliphatic rings. The molecule has 3 aromatic rings. The smallest absolute Gasteiger partial charge is 0.255 e. The van der Waals surface area contributed by atoms with Crippen molar-refractivity contribution in [2.75, 3.05) is 5.32 Å². The molecule has 24 heavy (non-hydrogen) atoms. The average Bonchev–Trinajstić information content (AvgIpc) is 3.33. The lowest BCUT2D eigenvalue weighted by molar-refractivity contribution is 0.102. The number of halogens is 1. The Balaban J connectivity index is 1.50. The number of anilines is 1. The van der Waals surface area contributed by atoms with Crippen LogP contribution in [0.25, 0.3) is 11.4 Å². The quantitative estimate of drug-likeness (QED) is 0.745. The number of carbonyl (C=O) groups excluding carboxylic acids is 1. The zero-order valence-electron chi connectivity index (χ0n) is 12.7. The predicted molar refractivity (Wildman–Crippen MR) is 93.6 cm³/mol. The molecule has 0 radical (unpaired) electrons. The third kappa shape index (κ3) is 3.07. The van der Waals surface area contributed by atoms with Crippen molar-refractivity contribution >= 4 is 27.5 Å². The zero-order chi connectivity index (χ0) is 16.5. The summed E-state index contributed by atoms with van der Waals surface area (Å²) < 4.78 is 2.81. The van der Waals surface area contributed by atoms with Crippen LogP contribution in [0.1, 0.15) is 29.2 Å². The highest BCUT2D eigenvalue weighted by atomic mass is 79.9. The Morgan fingerprint density at radius 2 is 1.79 bits per heavy atom. The molecule has 4 rings (SSSR count). The van der Waals surface area contributed by atoms with Crippen LogP contribution in [0, 0.1) is 0 Å². The van der Waals surface area contributed by atoms with Crippen molar-refractivity contribution in [1.82, 2.24) is 20.2 Å². The van der Waals surface area contributed by atoms with Gasteiger partial charge >= 0.3 is 0 Å². The molecule has 1 aromatic heterocycles. The van der Waals surface area contributed by atoms with E-state index < -0.39 is 0 Å². The maximum absolute atomic E-state index is 12.2. The number of nitrogens with one attached hydrogen (secondary N) is 1. The third-order valence-corrected chi connectivity index (χ3v) is 4.42. The zero-order valence-corrected chi connectivity index (χ0v) is 14.3. The molecule has 7 heteroatoms. The molecule has 1 saturated carbocycles. The van der Waals surface area contributed by atoms with E-state index in [-0.39, 0.29) is 5.91 Å². The summed E-state index contributed by atoms with van der Waals surface area (Å²) in [6.45, 7) is 0. The molecule has 0 aliphatic heterocycles. The molecular weight excluding hydrogens is 370 g/mol. The van der Waals surface area contributed by atoms with E-state index in [1.807, 2.05) is 41.1 Å². The van der Waals surface area contributed by atoms with Crippen LogP contribution in [0.2, 0.25) is 0 Å². The van der Waals surface area contributed by atoms with Crippen molar-refractivity contribution in [2.24, 2.45) is 0 Å². The van der Waals surface area contributed by atoms with Gasteiger partial charge in [0.15, 0.2) is 5.82 Å². The SMILES string of the molecule is O=C(Nc1ccc(-c2nnnn2C2CC2)cc1)c1ccc(Br)cc1. The molecule has 0 unspecified atom stereocenters. The molecule has 2 aromatic carbocycles. The first-order valence-electron chi connectivity index (χ1n) is 7.66. The number of tetrazole rings is 1. The number of nitrogens with zero attached hydrogens (tertiary/aromatic N) is 4. The van der Waals surface area contributed by atoms with E-state index in [0.29, 0.717) is 11.6 Å². The Hall–Kier alpha value is -2.54. The van der Waals surface area contributed by atoms with Crippen LogP contribution in [-0.4, -0.2) is 26.1 Å². The minimum absolute atomic E-state index is 0.141. The summed E-state index contributed by atoms with van der Waals surface area (Å²) in [5, 5.41) is 14.8. The normalized spacial score (nSPS) is 13.7. The first kappa shape index (κ1) is 15.0. The van der Waals surface area contributed by atoms with Crippen LogP contribution in [-0.2, 0) is 0 Å². The first-order valence-corrected chi connectivity index (χ1v) is 8.45. The number of benzene rings is 2. The number of hydrogen-bond acceptors (Lipinski definition) is 4. The highest BCUT2D eigenvalue weighted by Crippen LogP contribution is 2.36. The summed E-state index contributed by atoms with van der Waals surface area (Å²) in [6.07, 6.45) is 2.25. The average molecular weight is 384 g/mol. The Kier molecular flexibility index (Phi) is 3.86. The van der Waals surface area contributed by atoms with Gasteiger partial charge in [-0.1, -0.05) is 15.9 Å². The molecule has 0 saturated heterocycles. The van der Waals surface area contributed by atoms with E-state index in [2.05, 4.69) is 36.8 Å². The number of carbonyl (C=O) groups is 1. The minimum Gasteiger partial charge on any atom is -0.322 e. The Labute approximate surface area is 147 Å². The summed E-state index contributed by atoms with van der Waals surface area (Å²) in [4.78, 5) is 12.2. The van der Waals surface area contributed by atoms with Gasteiger partial charge in [-0.25, -0.2) is 4.68 Å². The fraction of sp³-hybridized carbons (Fsp3) is 0.176. The second kappa shape index (κ2) is 6.16. The van der Waals surface area contributed by atoms with Gasteiger partial charge in [0.05, 0.1) is 6.04 Å². The minimum atomic E-state index is -0.141. The first-order chi connectivity index (χ1) is 11.7. The third-order valence-electron chi connectivity index (χ3n) is 3.89. The molecule has 0 spiro atoms. The highest BCUT2D eigenvalue weighted by molar-refractivity contribution is 9.10. The lowest BCUT2D eigenvalue weighted by Gasteiger charge is -2.07. The number of aromatic nitrogens is 4. The topological polar surface area (TPSA) is 72.7 Å². The van der Waals surface area contributed by atoms with Crippen LogP contribution in [0.4, 0.5) is 5.69 Å². The number of hydrogen-bond donors (Lipinski definition) is 1. The van der Waals surface area contributed by atoms with Gasteiger partial charge in [0.2, 0.25) is 0 Å². The molecule has 1 heterocycles. The van der Waals surface area contributed by atoms with Crippen LogP contribution < -0.4 is 5.32 Å². The van der Waals surface area contributed by atoms with Gasteiger partial charge in [-0.15, -0.1) is 5.10 Å². The monoisotopic (exact) mass is 383 g/mol. The largest absolute Gasteiger partial charge is 0.322 e. The summed E-state index contributed by atoms with van der Waals surface area (Å²) >= 11 is 3.36. The van der Waals surface area contributed by atoms with E-state index in [4.69, 9.17) is 0 Å². The van der Waals surface area contributed by atoms with Crippen molar-refractivity contribution in [3.63, 3.8) is 0 Å². The maximum Gasteiger partial charge on any atom is 0.255 e. The van der Waals surface area contributed by atoms with Crippen LogP contribution >= 0.6 is 15.9 Å². The molecule has 6 nitrogen and oxygen atoms in total. The second-order valence-corrected chi connectivity index (χ2v) is 6.63. The molecule has 1 fully saturated rings. The van der Waals surface area contributed by atoms with Gasteiger partial charge in [0.1, 0.15) is 0 Å². The van der Waals surface area contributed by atoms with Gasteiger partial charge in [0, 0.05) is 21.3 Å². The maximum atomic E-state index is 12.2. The summed E-state index contributed by atoms with van der Waals surface area (Å²) in [5.41, 5.74) is 2.28. The van der Waals surface area contributed by atoms with E-state index in [9.17, 15) is 4.79 Å². The Morgan fingerprint density at radius 1 is 1.08 bits per heavy atom. The number of rotatable bonds is 4. The van der Waals surface area contributed by atoms with Gasteiger partial charge in [-0.2, -0.15) is 0 Å². The summed E-state index contributed by atoms with van der Waals surface area (Å²) in [5.74, 6) is 0.626. The molecule has 1 N–H and O–H groups in total. The lowest BCUT2D eigenvalue weighted by atomic mass is 10.1. The van der Waals surface area contributed by atoms with Crippen molar-refractivity contribution in [3.8, 4) is 11.4 Å². The van der Waals surface area contributed by atoms with Crippen molar-refractivity contribution in [1.29, 1.82) is 0 Å². The van der Waals surface area contributed by atoms with Gasteiger partial charge in [-0.05, 0) is 71.8 Å². The van der Waals surface area contributed by atoms with Crippen LogP contribution in [0.3, 0.4) is 0 Å². The van der Waals surface area contributed by atoms with Crippen molar-refractivity contribution in [3.05, 3.63) is 58.6 Å². The van der Waals surface area contributed by atoms with Gasteiger partial charge in [0.25, 0.3) is 5.91 Å². The van der Waals surface area contributed by atoms with Gasteiger partial charge < -0.3 is 5.32 Å². The highest BCUT2D eigenvalue weighted by Gasteiger charge is 2.28. The molecule has 0 bridgehead atoms. The molecule has 1 amide bonds. The van der Waals surface area contributed by atoms with Crippen molar-refractivity contribution < 1.29 is 4.79 Å². The fourth-order valence-corrected chi connectivity index (χ4v) is 2.72. The van der Waals surface area contributed by atoms with E-state index in [1.165, 1.54) is 0 Å². The van der Waals surface area contributed by atoms with E-state index in [1.54, 1.807) is 12.1 Å². The fourth-order valence-electron chi connectivity index (χ4n) is 2.46. The molecule has 0 atom stereocenters. The molecular formula is C17H14BrN5O. The van der Waals surface area contributed by atoms with Crippen molar-refractivity contribution in [2.45, 2.75) is 18.9 Å². The second-order valence-electron chi connectivity index (χ2n) is 5.72. The van der Waals surface area contributed by atoms with Crippen LogP contribution in [0.5, 0.6) is 0 Å². The molecule has 1 aliphatic carbocycles. The lowest BCUT2D eigenvalue weighted by Crippen LogP contribution is -2.11. The van der Waals surface area contributed by atoms with Crippen LogP contribution in [0.15, 0.2) is 53.0 Å². The summed E-state index contributed by atoms with van der Waals surface area (Å²) in [7, 11) is 0. The number of amides is 1.